The summed E-state index contributed by atoms with van der Waals surface area (Å²) in [5, 5.41) is 0. The van der Waals surface area contributed by atoms with E-state index in [1.807, 2.05) is 6.92 Å². The second-order valence-electron chi connectivity index (χ2n) is 7.11. The summed E-state index contributed by atoms with van der Waals surface area (Å²) in [4.78, 5) is 13.9. The van der Waals surface area contributed by atoms with Crippen LogP contribution in [-0.4, -0.2) is 73.1 Å². The molecule has 0 spiro atoms. The van der Waals surface area contributed by atoms with Crippen molar-refractivity contribution in [2.24, 2.45) is 5.73 Å². The third kappa shape index (κ3) is 4.91. The van der Waals surface area contributed by atoms with Crippen LogP contribution in [0.4, 0.5) is 0 Å². The van der Waals surface area contributed by atoms with Crippen LogP contribution >= 0.6 is 0 Å². The van der Waals surface area contributed by atoms with Crippen molar-refractivity contribution in [1.82, 2.24) is 13.5 Å². The van der Waals surface area contributed by atoms with Gasteiger partial charge in [0, 0.05) is 51.7 Å². The number of amides is 1. The number of hydrogen-bond acceptors (Lipinski definition) is 4. The largest absolute Gasteiger partial charge is 0.340 e. The average molecular weight is 361 g/mol. The van der Waals surface area contributed by atoms with Crippen molar-refractivity contribution < 1.29 is 13.2 Å². The van der Waals surface area contributed by atoms with Gasteiger partial charge in [-0.05, 0) is 26.2 Å². The zero-order valence-corrected chi connectivity index (χ0v) is 15.8. The van der Waals surface area contributed by atoms with Crippen LogP contribution in [0.15, 0.2) is 0 Å². The van der Waals surface area contributed by atoms with Gasteiger partial charge in [-0.25, -0.2) is 0 Å². The molecule has 0 aromatic carbocycles. The minimum atomic E-state index is -3.43. The summed E-state index contributed by atoms with van der Waals surface area (Å²) in [7, 11) is -1.73. The fourth-order valence-electron chi connectivity index (χ4n) is 3.49. The molecule has 0 bridgehead atoms. The van der Waals surface area contributed by atoms with E-state index < -0.39 is 10.2 Å². The Balaban J connectivity index is 1.87. The predicted octanol–water partition coefficient (Wildman–Crippen LogP) is 0.767. The van der Waals surface area contributed by atoms with Gasteiger partial charge < -0.3 is 10.6 Å². The Hall–Kier alpha value is -0.700. The molecule has 0 radical (unpaired) electrons. The molecule has 1 saturated heterocycles. The standard InChI is InChI=1S/C16H32N4O3S/c1-14(17)8-9-16(21)19-10-12-20(13-11-19)24(22,23)18(2)15-6-4-3-5-7-15/h14-15H,3-13,17H2,1-2H3. The minimum absolute atomic E-state index is 0.0137. The first-order chi connectivity index (χ1) is 11.3. The highest BCUT2D eigenvalue weighted by Gasteiger charge is 2.35. The van der Waals surface area contributed by atoms with Gasteiger partial charge in [0.25, 0.3) is 10.2 Å². The van der Waals surface area contributed by atoms with Gasteiger partial charge in [-0.15, -0.1) is 0 Å². The molecular formula is C16H32N4O3S. The summed E-state index contributed by atoms with van der Waals surface area (Å²) in [6.45, 7) is 3.58. The molecule has 1 aliphatic heterocycles. The van der Waals surface area contributed by atoms with E-state index in [-0.39, 0.29) is 18.0 Å². The van der Waals surface area contributed by atoms with Crippen molar-refractivity contribution in [3.63, 3.8) is 0 Å². The smallest absolute Gasteiger partial charge is 0.282 e. The normalized spacial score (nSPS) is 22.8. The molecule has 0 aromatic heterocycles. The molecule has 2 aliphatic rings. The Kier molecular flexibility index (Phi) is 7.03. The van der Waals surface area contributed by atoms with Crippen LogP contribution in [-0.2, 0) is 15.0 Å². The van der Waals surface area contributed by atoms with Crippen molar-refractivity contribution in [3.8, 4) is 0 Å². The van der Waals surface area contributed by atoms with Crippen LogP contribution in [0.25, 0.3) is 0 Å². The molecule has 2 fully saturated rings. The number of nitrogens with zero attached hydrogens (tertiary/aromatic N) is 3. The maximum absolute atomic E-state index is 12.8. The van der Waals surface area contributed by atoms with E-state index in [9.17, 15) is 13.2 Å². The molecular weight excluding hydrogens is 328 g/mol. The summed E-state index contributed by atoms with van der Waals surface area (Å²) >= 11 is 0. The fraction of sp³-hybridized carbons (Fsp3) is 0.938. The maximum Gasteiger partial charge on any atom is 0.282 e. The summed E-state index contributed by atoms with van der Waals surface area (Å²) in [5.74, 6) is 0.0741. The molecule has 2 N–H and O–H groups in total. The fourth-order valence-corrected chi connectivity index (χ4v) is 5.07. The van der Waals surface area contributed by atoms with Crippen LogP contribution in [0.5, 0.6) is 0 Å². The van der Waals surface area contributed by atoms with Crippen molar-refractivity contribution in [2.75, 3.05) is 33.2 Å². The highest BCUT2D eigenvalue weighted by molar-refractivity contribution is 7.86. The van der Waals surface area contributed by atoms with Crippen molar-refractivity contribution in [2.45, 2.75) is 64.0 Å². The number of nitrogens with two attached hydrogens (primary N) is 1. The van der Waals surface area contributed by atoms with Crippen LogP contribution < -0.4 is 5.73 Å². The second kappa shape index (κ2) is 8.60. The summed E-state index contributed by atoms with van der Waals surface area (Å²) < 4.78 is 28.7. The lowest BCUT2D eigenvalue weighted by molar-refractivity contribution is -0.132. The van der Waals surface area contributed by atoms with Gasteiger partial charge >= 0.3 is 0 Å². The molecule has 2 rings (SSSR count). The molecule has 1 heterocycles. The number of rotatable bonds is 6. The molecule has 1 atom stereocenters. The minimum Gasteiger partial charge on any atom is -0.340 e. The van der Waals surface area contributed by atoms with E-state index in [0.717, 1.165) is 25.7 Å². The van der Waals surface area contributed by atoms with E-state index in [1.54, 1.807) is 16.3 Å². The Morgan fingerprint density at radius 3 is 2.29 bits per heavy atom. The van der Waals surface area contributed by atoms with Crippen LogP contribution in [0.2, 0.25) is 0 Å². The zero-order chi connectivity index (χ0) is 17.7. The molecule has 8 heteroatoms. The summed E-state index contributed by atoms with van der Waals surface area (Å²) in [6.07, 6.45) is 6.41. The molecule has 1 unspecified atom stereocenters. The van der Waals surface area contributed by atoms with Gasteiger partial charge in [-0.2, -0.15) is 17.0 Å². The number of carbonyl (C=O) groups is 1. The van der Waals surface area contributed by atoms with Gasteiger partial charge in [-0.1, -0.05) is 19.3 Å². The zero-order valence-electron chi connectivity index (χ0n) is 15.0. The molecule has 1 amide bonds. The average Bonchev–Trinajstić information content (AvgIpc) is 2.59. The van der Waals surface area contributed by atoms with Crippen LogP contribution in [0.1, 0.15) is 51.9 Å². The topological polar surface area (TPSA) is 87.0 Å². The Labute approximate surface area is 146 Å². The molecule has 7 nitrogen and oxygen atoms in total. The molecule has 140 valence electrons. The van der Waals surface area contributed by atoms with Crippen LogP contribution in [0.3, 0.4) is 0 Å². The van der Waals surface area contributed by atoms with Gasteiger partial charge in [0.15, 0.2) is 0 Å². The Bertz CT molecular complexity index is 509. The van der Waals surface area contributed by atoms with Gasteiger partial charge in [-0.3, -0.25) is 4.79 Å². The summed E-state index contributed by atoms with van der Waals surface area (Å²) in [5.41, 5.74) is 5.69. The van der Waals surface area contributed by atoms with Crippen molar-refractivity contribution in [1.29, 1.82) is 0 Å². The predicted molar refractivity (Wildman–Crippen MR) is 94.6 cm³/mol. The first-order valence-corrected chi connectivity index (χ1v) is 10.5. The lowest BCUT2D eigenvalue weighted by atomic mass is 9.96. The third-order valence-corrected chi connectivity index (χ3v) is 7.23. The quantitative estimate of drug-likeness (QED) is 0.758. The van der Waals surface area contributed by atoms with Crippen molar-refractivity contribution >= 4 is 16.1 Å². The molecule has 1 saturated carbocycles. The Morgan fingerprint density at radius 1 is 1.17 bits per heavy atom. The molecule has 24 heavy (non-hydrogen) atoms. The SMILES string of the molecule is CC(N)CCC(=O)N1CCN(S(=O)(=O)N(C)C2CCCCC2)CC1. The highest BCUT2D eigenvalue weighted by atomic mass is 32.2. The van der Waals surface area contributed by atoms with Gasteiger partial charge in [0.2, 0.25) is 5.91 Å². The lowest BCUT2D eigenvalue weighted by Gasteiger charge is -2.38. The van der Waals surface area contributed by atoms with E-state index in [0.29, 0.717) is 39.0 Å². The number of piperazine rings is 1. The first kappa shape index (κ1) is 19.6. The second-order valence-corrected chi connectivity index (χ2v) is 9.10. The molecule has 1 aliphatic carbocycles. The summed E-state index contributed by atoms with van der Waals surface area (Å²) in [6, 6.07) is 0.134. The monoisotopic (exact) mass is 360 g/mol. The molecule has 0 aromatic rings. The first-order valence-electron chi connectivity index (χ1n) is 9.09. The van der Waals surface area contributed by atoms with E-state index in [1.165, 1.54) is 10.7 Å². The van der Waals surface area contributed by atoms with E-state index in [2.05, 4.69) is 0 Å². The highest BCUT2D eigenvalue weighted by Crippen LogP contribution is 2.25. The van der Waals surface area contributed by atoms with Crippen molar-refractivity contribution in [3.05, 3.63) is 0 Å². The van der Waals surface area contributed by atoms with Gasteiger partial charge in [0.1, 0.15) is 0 Å². The lowest BCUT2D eigenvalue weighted by Crippen LogP contribution is -2.55. The van der Waals surface area contributed by atoms with E-state index >= 15 is 0 Å². The van der Waals surface area contributed by atoms with Crippen LogP contribution in [0, 0.1) is 0 Å². The van der Waals surface area contributed by atoms with E-state index in [4.69, 9.17) is 5.73 Å². The number of carbonyl (C=O) groups excluding carboxylic acids is 1. The Morgan fingerprint density at radius 2 is 1.75 bits per heavy atom. The van der Waals surface area contributed by atoms with Gasteiger partial charge in [0.05, 0.1) is 0 Å². The third-order valence-electron chi connectivity index (χ3n) is 5.18. The maximum atomic E-state index is 12.8. The number of hydrogen-bond donors (Lipinski definition) is 1.